The second-order valence-electron chi connectivity index (χ2n) is 3.11. The van der Waals surface area contributed by atoms with E-state index in [4.69, 9.17) is 0 Å². The Morgan fingerprint density at radius 3 is 3.00 bits per heavy atom. The second kappa shape index (κ2) is 3.88. The van der Waals surface area contributed by atoms with E-state index in [1.165, 1.54) is 0 Å². The van der Waals surface area contributed by atoms with Gasteiger partial charge in [-0.3, -0.25) is 4.90 Å². The van der Waals surface area contributed by atoms with Crippen LogP contribution in [0.15, 0.2) is 12.7 Å². The number of likely N-dealkylation sites (N-methyl/N-ethyl adjacent to an activating group) is 1. The molecule has 1 fully saturated rings. The van der Waals surface area contributed by atoms with Crippen LogP contribution in [0.1, 0.15) is 19.8 Å². The fourth-order valence-electron chi connectivity index (χ4n) is 1.66. The quantitative estimate of drug-likeness (QED) is 0.602. The van der Waals surface area contributed by atoms with Crippen LogP contribution >= 0.6 is 0 Å². The van der Waals surface area contributed by atoms with Crippen LogP contribution in [0.25, 0.3) is 0 Å². The lowest BCUT2D eigenvalue weighted by Gasteiger charge is -2.35. The number of rotatable bonds is 2. The largest absolute Gasteiger partial charge is 0.393 e. The van der Waals surface area contributed by atoms with Gasteiger partial charge in [0.1, 0.15) is 0 Å². The second-order valence-corrected chi connectivity index (χ2v) is 3.11. The maximum absolute atomic E-state index is 9.35. The summed E-state index contributed by atoms with van der Waals surface area (Å²) in [7, 11) is 0. The highest BCUT2D eigenvalue weighted by molar-refractivity contribution is 4.92. The standard InChI is InChI=1S/C9H17NO/c1-3-8-7-9(11)5-6-10(8)4-2/h3,8-9,11H,1,4-7H2,2H3/t8-,9-/m1/s1. The number of aliphatic hydroxyl groups excluding tert-OH is 1. The first-order chi connectivity index (χ1) is 5.27. The molecule has 0 aromatic rings. The van der Waals surface area contributed by atoms with Gasteiger partial charge >= 0.3 is 0 Å². The topological polar surface area (TPSA) is 23.5 Å². The maximum atomic E-state index is 9.35. The molecule has 1 aliphatic rings. The van der Waals surface area contributed by atoms with Crippen LogP contribution in [0.4, 0.5) is 0 Å². The van der Waals surface area contributed by atoms with E-state index in [0.29, 0.717) is 6.04 Å². The Bertz CT molecular complexity index is 136. The molecule has 0 amide bonds. The van der Waals surface area contributed by atoms with Crippen molar-refractivity contribution in [3.63, 3.8) is 0 Å². The lowest BCUT2D eigenvalue weighted by atomic mass is 10.00. The molecule has 1 heterocycles. The van der Waals surface area contributed by atoms with Gasteiger partial charge in [0.05, 0.1) is 6.10 Å². The van der Waals surface area contributed by atoms with Gasteiger partial charge in [-0.15, -0.1) is 6.58 Å². The van der Waals surface area contributed by atoms with Crippen LogP contribution in [0.3, 0.4) is 0 Å². The molecule has 2 atom stereocenters. The van der Waals surface area contributed by atoms with Crippen LogP contribution in [0.2, 0.25) is 0 Å². The summed E-state index contributed by atoms with van der Waals surface area (Å²) < 4.78 is 0. The van der Waals surface area contributed by atoms with E-state index in [9.17, 15) is 5.11 Å². The monoisotopic (exact) mass is 155 g/mol. The highest BCUT2D eigenvalue weighted by Crippen LogP contribution is 2.17. The van der Waals surface area contributed by atoms with Gasteiger partial charge in [0.15, 0.2) is 0 Å². The zero-order chi connectivity index (χ0) is 8.27. The first-order valence-corrected chi connectivity index (χ1v) is 4.32. The zero-order valence-electron chi connectivity index (χ0n) is 7.16. The minimum Gasteiger partial charge on any atom is -0.393 e. The molecule has 1 aliphatic heterocycles. The molecule has 0 spiro atoms. The summed E-state index contributed by atoms with van der Waals surface area (Å²) in [5.74, 6) is 0. The molecular formula is C9H17NO. The summed E-state index contributed by atoms with van der Waals surface area (Å²) in [6.45, 7) is 7.98. The van der Waals surface area contributed by atoms with Crippen molar-refractivity contribution < 1.29 is 5.11 Å². The molecule has 64 valence electrons. The third-order valence-corrected chi connectivity index (χ3v) is 2.41. The Balaban J connectivity index is 2.47. The minimum atomic E-state index is -0.110. The fourth-order valence-corrected chi connectivity index (χ4v) is 1.66. The molecule has 1 rings (SSSR count). The van der Waals surface area contributed by atoms with E-state index in [1.807, 2.05) is 6.08 Å². The molecule has 2 nitrogen and oxygen atoms in total. The van der Waals surface area contributed by atoms with Crippen molar-refractivity contribution in [3.8, 4) is 0 Å². The van der Waals surface area contributed by atoms with Gasteiger partial charge in [-0.1, -0.05) is 13.0 Å². The number of hydrogen-bond donors (Lipinski definition) is 1. The molecule has 1 N–H and O–H groups in total. The Labute approximate surface area is 68.5 Å². The molecule has 0 radical (unpaired) electrons. The number of piperidine rings is 1. The van der Waals surface area contributed by atoms with Crippen LogP contribution in [-0.2, 0) is 0 Å². The molecule has 0 aliphatic carbocycles. The van der Waals surface area contributed by atoms with Crippen molar-refractivity contribution in [2.24, 2.45) is 0 Å². The summed E-state index contributed by atoms with van der Waals surface area (Å²) in [6.07, 6.45) is 3.60. The molecule has 0 aromatic heterocycles. The van der Waals surface area contributed by atoms with Gasteiger partial charge in [0.2, 0.25) is 0 Å². The van der Waals surface area contributed by atoms with Crippen LogP contribution < -0.4 is 0 Å². The first kappa shape index (κ1) is 8.75. The SMILES string of the molecule is C=C[C@@H]1C[C@H](O)CCN1CC. The number of nitrogens with zero attached hydrogens (tertiary/aromatic N) is 1. The number of aliphatic hydroxyl groups is 1. The highest BCUT2D eigenvalue weighted by Gasteiger charge is 2.23. The average molecular weight is 155 g/mol. The molecule has 0 aromatic carbocycles. The number of hydrogen-bond acceptors (Lipinski definition) is 2. The molecule has 1 saturated heterocycles. The third-order valence-electron chi connectivity index (χ3n) is 2.41. The van der Waals surface area contributed by atoms with Crippen LogP contribution in [0.5, 0.6) is 0 Å². The summed E-state index contributed by atoms with van der Waals surface area (Å²) in [5, 5.41) is 9.35. The Morgan fingerprint density at radius 1 is 1.73 bits per heavy atom. The molecule has 0 saturated carbocycles. The van der Waals surface area contributed by atoms with Crippen molar-refractivity contribution in [2.45, 2.75) is 31.9 Å². The Kier molecular flexibility index (Phi) is 3.09. The van der Waals surface area contributed by atoms with Crippen molar-refractivity contribution in [2.75, 3.05) is 13.1 Å². The molecule has 11 heavy (non-hydrogen) atoms. The van der Waals surface area contributed by atoms with E-state index in [-0.39, 0.29) is 6.10 Å². The molecular weight excluding hydrogens is 138 g/mol. The van der Waals surface area contributed by atoms with E-state index >= 15 is 0 Å². The van der Waals surface area contributed by atoms with E-state index in [0.717, 1.165) is 25.9 Å². The van der Waals surface area contributed by atoms with E-state index in [1.54, 1.807) is 0 Å². The summed E-state index contributed by atoms with van der Waals surface area (Å²) in [4.78, 5) is 2.35. The minimum absolute atomic E-state index is 0.110. The van der Waals surface area contributed by atoms with Gasteiger partial charge in [0, 0.05) is 12.6 Å². The van der Waals surface area contributed by atoms with Crippen molar-refractivity contribution in [1.82, 2.24) is 4.90 Å². The third kappa shape index (κ3) is 2.04. The number of likely N-dealkylation sites (tertiary alicyclic amines) is 1. The van der Waals surface area contributed by atoms with Gasteiger partial charge in [0.25, 0.3) is 0 Å². The predicted octanol–water partition coefficient (Wildman–Crippen LogP) is 1.02. The van der Waals surface area contributed by atoms with Gasteiger partial charge in [-0.2, -0.15) is 0 Å². The summed E-state index contributed by atoms with van der Waals surface area (Å²) in [5.41, 5.74) is 0. The van der Waals surface area contributed by atoms with E-state index in [2.05, 4.69) is 18.4 Å². The molecule has 0 unspecified atom stereocenters. The predicted molar refractivity (Wildman–Crippen MR) is 46.5 cm³/mol. The first-order valence-electron chi connectivity index (χ1n) is 4.32. The van der Waals surface area contributed by atoms with Crippen molar-refractivity contribution in [3.05, 3.63) is 12.7 Å². The fraction of sp³-hybridized carbons (Fsp3) is 0.778. The van der Waals surface area contributed by atoms with E-state index < -0.39 is 0 Å². The molecule has 0 bridgehead atoms. The van der Waals surface area contributed by atoms with Crippen molar-refractivity contribution in [1.29, 1.82) is 0 Å². The van der Waals surface area contributed by atoms with Crippen LogP contribution in [0, 0.1) is 0 Å². The molecule has 2 heteroatoms. The maximum Gasteiger partial charge on any atom is 0.0570 e. The average Bonchev–Trinajstić information content (AvgIpc) is 2.04. The Morgan fingerprint density at radius 2 is 2.45 bits per heavy atom. The summed E-state index contributed by atoms with van der Waals surface area (Å²) in [6, 6.07) is 0.392. The van der Waals surface area contributed by atoms with Gasteiger partial charge in [-0.25, -0.2) is 0 Å². The smallest absolute Gasteiger partial charge is 0.0570 e. The summed E-state index contributed by atoms with van der Waals surface area (Å²) >= 11 is 0. The normalized spacial score (nSPS) is 33.6. The van der Waals surface area contributed by atoms with Crippen molar-refractivity contribution >= 4 is 0 Å². The zero-order valence-corrected chi connectivity index (χ0v) is 7.16. The van der Waals surface area contributed by atoms with Gasteiger partial charge in [-0.05, 0) is 19.4 Å². The Hall–Kier alpha value is -0.340. The van der Waals surface area contributed by atoms with Crippen LogP contribution in [-0.4, -0.2) is 35.2 Å². The highest BCUT2D eigenvalue weighted by atomic mass is 16.3. The lowest BCUT2D eigenvalue weighted by Crippen LogP contribution is -2.42. The lowest BCUT2D eigenvalue weighted by molar-refractivity contribution is 0.0613. The van der Waals surface area contributed by atoms with Gasteiger partial charge < -0.3 is 5.11 Å².